The summed E-state index contributed by atoms with van der Waals surface area (Å²) in [5.41, 5.74) is 3.00. The van der Waals surface area contributed by atoms with Crippen LogP contribution in [0.25, 0.3) is 0 Å². The molecule has 2 fully saturated rings. The number of thiazole rings is 1. The van der Waals surface area contributed by atoms with E-state index in [0.717, 1.165) is 36.6 Å². The summed E-state index contributed by atoms with van der Waals surface area (Å²) in [7, 11) is 0. The van der Waals surface area contributed by atoms with Crippen LogP contribution in [0.2, 0.25) is 0 Å². The fourth-order valence-corrected chi connectivity index (χ4v) is 4.55. The van der Waals surface area contributed by atoms with E-state index in [4.69, 9.17) is 0 Å². The lowest BCUT2D eigenvalue weighted by Gasteiger charge is -2.25. The molecule has 1 aromatic carbocycles. The van der Waals surface area contributed by atoms with Gasteiger partial charge in [0.15, 0.2) is 5.13 Å². The van der Waals surface area contributed by atoms with Crippen LogP contribution < -0.4 is 10.2 Å². The second-order valence-corrected chi connectivity index (χ2v) is 8.57. The van der Waals surface area contributed by atoms with Crippen molar-refractivity contribution in [3.05, 3.63) is 40.9 Å². The van der Waals surface area contributed by atoms with Gasteiger partial charge < -0.3 is 10.2 Å². The highest BCUT2D eigenvalue weighted by Crippen LogP contribution is 2.27. The van der Waals surface area contributed by atoms with Crippen LogP contribution in [0.4, 0.5) is 10.8 Å². The highest BCUT2D eigenvalue weighted by molar-refractivity contribution is 7.13. The number of benzene rings is 1. The molecule has 2 aliphatic heterocycles. The molecule has 4 rings (SSSR count). The maximum Gasteiger partial charge on any atom is 0.231 e. The zero-order valence-corrected chi connectivity index (χ0v) is 17.0. The summed E-state index contributed by atoms with van der Waals surface area (Å²) in [6.45, 7) is 5.52. The van der Waals surface area contributed by atoms with Crippen molar-refractivity contribution in [2.45, 2.75) is 39.2 Å². The molecule has 0 saturated carbocycles. The molecular formula is C21H26N4O2S. The number of hydrogen-bond acceptors (Lipinski definition) is 5. The summed E-state index contributed by atoms with van der Waals surface area (Å²) in [4.78, 5) is 33.7. The van der Waals surface area contributed by atoms with E-state index in [1.807, 2.05) is 36.6 Å². The number of amides is 2. The highest BCUT2D eigenvalue weighted by atomic mass is 32.1. The van der Waals surface area contributed by atoms with Gasteiger partial charge in [-0.3, -0.25) is 14.5 Å². The van der Waals surface area contributed by atoms with E-state index < -0.39 is 0 Å². The number of hydrogen-bond donors (Lipinski definition) is 1. The van der Waals surface area contributed by atoms with Crippen LogP contribution >= 0.6 is 11.3 Å². The Kier molecular flexibility index (Phi) is 5.73. The van der Waals surface area contributed by atoms with Gasteiger partial charge in [-0.15, -0.1) is 11.3 Å². The van der Waals surface area contributed by atoms with Crippen molar-refractivity contribution in [1.82, 2.24) is 9.88 Å². The second kappa shape index (κ2) is 8.41. The first kappa shape index (κ1) is 19.1. The largest absolute Gasteiger partial charge is 0.312 e. The van der Waals surface area contributed by atoms with E-state index in [0.29, 0.717) is 11.7 Å². The summed E-state index contributed by atoms with van der Waals surface area (Å²) < 4.78 is 0. The van der Waals surface area contributed by atoms with Crippen molar-refractivity contribution in [3.8, 4) is 0 Å². The molecule has 2 aromatic rings. The number of carbonyl (C=O) groups excluding carboxylic acids is 2. The van der Waals surface area contributed by atoms with E-state index >= 15 is 0 Å². The van der Waals surface area contributed by atoms with Gasteiger partial charge in [-0.2, -0.15) is 0 Å². The molecule has 1 atom stereocenters. The zero-order valence-electron chi connectivity index (χ0n) is 16.2. The van der Waals surface area contributed by atoms with Crippen molar-refractivity contribution < 1.29 is 9.59 Å². The van der Waals surface area contributed by atoms with Gasteiger partial charge in [0.25, 0.3) is 0 Å². The predicted octanol–water partition coefficient (Wildman–Crippen LogP) is 3.43. The molecule has 0 unspecified atom stereocenters. The summed E-state index contributed by atoms with van der Waals surface area (Å²) in [5.74, 6) is -0.473. The first-order chi connectivity index (χ1) is 13.6. The average molecular weight is 399 g/mol. The summed E-state index contributed by atoms with van der Waals surface area (Å²) in [6.07, 6.45) is 4.06. The summed E-state index contributed by atoms with van der Waals surface area (Å²) in [5, 5.41) is 5.55. The molecule has 148 valence electrons. The van der Waals surface area contributed by atoms with Crippen LogP contribution in [0.1, 0.15) is 36.9 Å². The minimum atomic E-state index is -0.344. The Balaban J connectivity index is 1.34. The Morgan fingerprint density at radius 2 is 1.96 bits per heavy atom. The molecule has 3 heterocycles. The topological polar surface area (TPSA) is 65.5 Å². The predicted molar refractivity (Wildman–Crippen MR) is 112 cm³/mol. The molecule has 28 heavy (non-hydrogen) atoms. The number of carbonyl (C=O) groups is 2. The summed E-state index contributed by atoms with van der Waals surface area (Å²) >= 11 is 1.46. The van der Waals surface area contributed by atoms with Gasteiger partial charge in [-0.25, -0.2) is 4.98 Å². The van der Waals surface area contributed by atoms with Crippen LogP contribution in [0.15, 0.2) is 29.6 Å². The molecule has 7 heteroatoms. The molecule has 1 N–H and O–H groups in total. The number of rotatable bonds is 5. The Morgan fingerprint density at radius 1 is 1.21 bits per heavy atom. The highest BCUT2D eigenvalue weighted by Gasteiger charge is 2.35. The van der Waals surface area contributed by atoms with E-state index in [9.17, 15) is 9.59 Å². The molecule has 0 bridgehead atoms. The lowest BCUT2D eigenvalue weighted by molar-refractivity contribution is -0.122. The number of aromatic nitrogens is 1. The number of piperidine rings is 1. The first-order valence-electron chi connectivity index (χ1n) is 9.93. The third-order valence-electron chi connectivity index (χ3n) is 5.46. The average Bonchev–Trinajstić information content (AvgIpc) is 3.30. The van der Waals surface area contributed by atoms with Gasteiger partial charge in [0.2, 0.25) is 11.8 Å². The van der Waals surface area contributed by atoms with Crippen LogP contribution in [-0.2, 0) is 16.1 Å². The number of nitrogens with zero attached hydrogens (tertiary/aromatic N) is 3. The van der Waals surface area contributed by atoms with Gasteiger partial charge in [-0.05, 0) is 45.0 Å². The molecule has 6 nitrogen and oxygen atoms in total. The minimum absolute atomic E-state index is 0.00562. The van der Waals surface area contributed by atoms with Gasteiger partial charge in [0.05, 0.1) is 11.6 Å². The first-order valence-corrected chi connectivity index (χ1v) is 10.8. The SMILES string of the molecule is Cc1ccc(N2C[C@@H](C(=O)Nc3nc(CN4CCCCC4)cs3)CC2=O)cc1. The van der Waals surface area contributed by atoms with Crippen LogP contribution in [-0.4, -0.2) is 41.3 Å². The van der Waals surface area contributed by atoms with Gasteiger partial charge in [-0.1, -0.05) is 24.1 Å². The minimum Gasteiger partial charge on any atom is -0.312 e. The van der Waals surface area contributed by atoms with Crippen LogP contribution in [0.3, 0.4) is 0 Å². The summed E-state index contributed by atoms with van der Waals surface area (Å²) in [6, 6.07) is 7.83. The van der Waals surface area contributed by atoms with E-state index in [2.05, 4.69) is 15.2 Å². The van der Waals surface area contributed by atoms with E-state index in [1.165, 1.54) is 30.6 Å². The van der Waals surface area contributed by atoms with E-state index in [1.54, 1.807) is 4.90 Å². The lowest BCUT2D eigenvalue weighted by atomic mass is 10.1. The number of likely N-dealkylation sites (tertiary alicyclic amines) is 1. The molecule has 2 amide bonds. The lowest BCUT2D eigenvalue weighted by Crippen LogP contribution is -2.29. The second-order valence-electron chi connectivity index (χ2n) is 7.71. The Labute approximate surface area is 169 Å². The van der Waals surface area contributed by atoms with E-state index in [-0.39, 0.29) is 24.2 Å². The Bertz CT molecular complexity index is 842. The smallest absolute Gasteiger partial charge is 0.231 e. The molecular weight excluding hydrogens is 372 g/mol. The fourth-order valence-electron chi connectivity index (χ4n) is 3.85. The standard InChI is InChI=1S/C21H26N4O2S/c1-15-5-7-18(8-6-15)25-12-16(11-19(25)26)20(27)23-21-22-17(14-28-21)13-24-9-3-2-4-10-24/h5-8,14,16H,2-4,9-13H2,1H3,(H,22,23,27)/t16-/m0/s1. The molecule has 1 aromatic heterocycles. The van der Waals surface area contributed by atoms with Gasteiger partial charge >= 0.3 is 0 Å². The van der Waals surface area contributed by atoms with Crippen LogP contribution in [0, 0.1) is 12.8 Å². The zero-order chi connectivity index (χ0) is 19.5. The fraction of sp³-hybridized carbons (Fsp3) is 0.476. The van der Waals surface area contributed by atoms with Gasteiger partial charge in [0, 0.05) is 30.6 Å². The van der Waals surface area contributed by atoms with Crippen molar-refractivity contribution in [2.75, 3.05) is 29.9 Å². The monoisotopic (exact) mass is 398 g/mol. The Hall–Kier alpha value is -2.25. The number of anilines is 2. The number of aryl methyl sites for hydroxylation is 1. The quantitative estimate of drug-likeness (QED) is 0.838. The molecule has 0 aliphatic carbocycles. The van der Waals surface area contributed by atoms with Crippen molar-refractivity contribution in [3.63, 3.8) is 0 Å². The maximum absolute atomic E-state index is 12.7. The molecule has 0 spiro atoms. The van der Waals surface area contributed by atoms with Gasteiger partial charge in [0.1, 0.15) is 0 Å². The normalized spacial score (nSPS) is 20.5. The maximum atomic E-state index is 12.7. The third-order valence-corrected chi connectivity index (χ3v) is 6.26. The molecule has 2 aliphatic rings. The number of nitrogens with one attached hydrogen (secondary N) is 1. The molecule has 0 radical (unpaired) electrons. The Morgan fingerprint density at radius 3 is 2.71 bits per heavy atom. The van der Waals surface area contributed by atoms with Crippen LogP contribution in [0.5, 0.6) is 0 Å². The van der Waals surface area contributed by atoms with Crippen molar-refractivity contribution in [1.29, 1.82) is 0 Å². The van der Waals surface area contributed by atoms with Crippen molar-refractivity contribution >= 4 is 34.0 Å². The molecule has 2 saturated heterocycles. The third kappa shape index (κ3) is 4.42. The van der Waals surface area contributed by atoms with Crippen molar-refractivity contribution in [2.24, 2.45) is 5.92 Å².